The lowest BCUT2D eigenvalue weighted by Crippen LogP contribution is -2.32. The van der Waals surface area contributed by atoms with Crippen LogP contribution in [0.15, 0.2) is 63.8 Å². The fraction of sp³-hybridized carbons (Fsp3) is 0.174. The zero-order valence-electron chi connectivity index (χ0n) is 16.7. The number of hydrogen-bond acceptors (Lipinski definition) is 4. The van der Waals surface area contributed by atoms with E-state index in [9.17, 15) is 14.0 Å². The van der Waals surface area contributed by atoms with Gasteiger partial charge in [0, 0.05) is 11.6 Å². The average molecular weight is 440 g/mol. The van der Waals surface area contributed by atoms with Crippen molar-refractivity contribution in [1.29, 1.82) is 0 Å². The summed E-state index contributed by atoms with van der Waals surface area (Å²) < 4.78 is 19.7. The van der Waals surface area contributed by atoms with Gasteiger partial charge in [0.1, 0.15) is 17.4 Å². The van der Waals surface area contributed by atoms with Crippen molar-refractivity contribution in [2.45, 2.75) is 19.9 Å². The number of nitrogens with one attached hydrogen (secondary N) is 1. The van der Waals surface area contributed by atoms with E-state index in [1.807, 2.05) is 6.92 Å². The summed E-state index contributed by atoms with van der Waals surface area (Å²) in [4.78, 5) is 34.1. The van der Waals surface area contributed by atoms with Gasteiger partial charge in [-0.05, 0) is 48.9 Å². The molecule has 2 heterocycles. The van der Waals surface area contributed by atoms with E-state index in [4.69, 9.17) is 16.0 Å². The minimum Gasteiger partial charge on any atom is -0.451 e. The molecular weight excluding hydrogens is 421 g/mol. The number of nitrogens with zero attached hydrogens (tertiary/aromatic N) is 2. The van der Waals surface area contributed by atoms with Crippen molar-refractivity contribution in [1.82, 2.24) is 14.9 Å². The minimum atomic E-state index is -0.433. The maximum atomic E-state index is 14.0. The highest BCUT2D eigenvalue weighted by molar-refractivity contribution is 6.31. The van der Waals surface area contributed by atoms with Gasteiger partial charge in [0.15, 0.2) is 5.76 Å². The first-order valence-corrected chi connectivity index (χ1v) is 10.2. The summed E-state index contributed by atoms with van der Waals surface area (Å²) >= 11 is 6.02. The van der Waals surface area contributed by atoms with Crippen LogP contribution in [0.3, 0.4) is 0 Å². The van der Waals surface area contributed by atoms with Gasteiger partial charge in [-0.2, -0.15) is 0 Å². The summed E-state index contributed by atoms with van der Waals surface area (Å²) in [5.74, 6) is -0.124. The van der Waals surface area contributed by atoms with Gasteiger partial charge >= 0.3 is 0 Å². The van der Waals surface area contributed by atoms with Crippen LogP contribution >= 0.6 is 11.6 Å². The van der Waals surface area contributed by atoms with Crippen molar-refractivity contribution < 1.29 is 13.6 Å². The predicted octanol–water partition coefficient (Wildman–Crippen LogP) is 5.03. The molecule has 31 heavy (non-hydrogen) atoms. The molecule has 2 aromatic heterocycles. The molecule has 1 amide bonds. The summed E-state index contributed by atoms with van der Waals surface area (Å²) in [6.45, 7) is 2.44. The molecule has 0 bridgehead atoms. The summed E-state index contributed by atoms with van der Waals surface area (Å²) in [5, 5.41) is 0.886. The summed E-state index contributed by atoms with van der Waals surface area (Å²) in [7, 11) is 0. The number of fused-ring (bicyclic) bond motifs is 1. The number of halogens is 2. The highest BCUT2D eigenvalue weighted by atomic mass is 35.5. The van der Waals surface area contributed by atoms with E-state index in [1.165, 1.54) is 17.0 Å². The zero-order chi connectivity index (χ0) is 22.0. The van der Waals surface area contributed by atoms with Crippen molar-refractivity contribution in [2.75, 3.05) is 6.54 Å². The number of rotatable bonds is 6. The first-order valence-electron chi connectivity index (χ1n) is 9.78. The van der Waals surface area contributed by atoms with Gasteiger partial charge in [0.25, 0.3) is 11.5 Å². The van der Waals surface area contributed by atoms with Crippen LogP contribution in [0.25, 0.3) is 22.2 Å². The maximum Gasteiger partial charge on any atom is 0.289 e. The molecule has 0 aliphatic carbocycles. The van der Waals surface area contributed by atoms with Crippen LogP contribution in [0.5, 0.6) is 0 Å². The standard InChI is InChI=1S/C23H19ClFN3O3/c1-2-11-28(13-21-26-18-12-14(24)7-8-16(18)22(29)27-21)23(30)20-10-9-19(31-20)15-5-3-4-6-17(15)25/h3-10,12H,2,11,13H2,1H3,(H,26,27,29). The maximum absolute atomic E-state index is 14.0. The van der Waals surface area contributed by atoms with Crippen LogP contribution in [-0.2, 0) is 6.54 Å². The Hall–Kier alpha value is -3.45. The van der Waals surface area contributed by atoms with Crippen molar-refractivity contribution in [2.24, 2.45) is 0 Å². The van der Waals surface area contributed by atoms with Gasteiger partial charge in [0.2, 0.25) is 0 Å². The molecule has 4 aromatic rings. The Morgan fingerprint density at radius 1 is 1.19 bits per heavy atom. The predicted molar refractivity (Wildman–Crippen MR) is 117 cm³/mol. The molecule has 0 aliphatic heterocycles. The van der Waals surface area contributed by atoms with Crippen molar-refractivity contribution in [3.8, 4) is 11.3 Å². The molecule has 8 heteroatoms. The number of hydrogen-bond donors (Lipinski definition) is 1. The molecule has 6 nitrogen and oxygen atoms in total. The molecule has 4 rings (SSSR count). The van der Waals surface area contributed by atoms with E-state index in [1.54, 1.807) is 42.5 Å². The lowest BCUT2D eigenvalue weighted by atomic mass is 10.1. The highest BCUT2D eigenvalue weighted by Crippen LogP contribution is 2.25. The second kappa shape index (κ2) is 8.73. The Balaban J connectivity index is 1.62. The molecule has 0 atom stereocenters. The summed E-state index contributed by atoms with van der Waals surface area (Å²) in [5.41, 5.74) is 0.427. The Bertz CT molecular complexity index is 1310. The van der Waals surface area contributed by atoms with E-state index in [0.29, 0.717) is 34.7 Å². The molecule has 0 unspecified atom stereocenters. The fourth-order valence-electron chi connectivity index (χ4n) is 3.35. The quantitative estimate of drug-likeness (QED) is 0.457. The molecule has 0 radical (unpaired) electrons. The normalized spacial score (nSPS) is 11.1. The van der Waals surface area contributed by atoms with Crippen LogP contribution in [0, 0.1) is 5.82 Å². The third-order valence-corrected chi connectivity index (χ3v) is 5.03. The van der Waals surface area contributed by atoms with Gasteiger partial charge in [-0.15, -0.1) is 0 Å². The Labute approximate surface area is 182 Å². The van der Waals surface area contributed by atoms with Crippen LogP contribution in [0.4, 0.5) is 4.39 Å². The monoisotopic (exact) mass is 439 g/mol. The minimum absolute atomic E-state index is 0.0814. The van der Waals surface area contributed by atoms with Crippen LogP contribution < -0.4 is 5.56 Å². The number of aromatic amines is 1. The van der Waals surface area contributed by atoms with E-state index in [0.717, 1.165) is 0 Å². The third-order valence-electron chi connectivity index (χ3n) is 4.80. The number of H-pyrrole nitrogens is 1. The lowest BCUT2D eigenvalue weighted by Gasteiger charge is -2.20. The SMILES string of the molecule is CCCN(Cc1nc2cc(Cl)ccc2c(=O)[nH]1)C(=O)c1ccc(-c2ccccc2F)o1. The third kappa shape index (κ3) is 4.36. The van der Waals surface area contributed by atoms with E-state index in [-0.39, 0.29) is 35.1 Å². The zero-order valence-corrected chi connectivity index (χ0v) is 17.4. The Morgan fingerprint density at radius 3 is 2.77 bits per heavy atom. The average Bonchev–Trinajstić information content (AvgIpc) is 3.23. The molecule has 0 aliphatic rings. The molecule has 0 saturated heterocycles. The van der Waals surface area contributed by atoms with Crippen molar-refractivity contribution in [3.63, 3.8) is 0 Å². The van der Waals surface area contributed by atoms with Gasteiger partial charge in [0.05, 0.1) is 23.0 Å². The van der Waals surface area contributed by atoms with Crippen molar-refractivity contribution >= 4 is 28.4 Å². The van der Waals surface area contributed by atoms with Gasteiger partial charge in [-0.25, -0.2) is 9.37 Å². The van der Waals surface area contributed by atoms with Gasteiger partial charge < -0.3 is 14.3 Å². The van der Waals surface area contributed by atoms with Gasteiger partial charge in [-0.3, -0.25) is 9.59 Å². The topological polar surface area (TPSA) is 79.2 Å². The van der Waals surface area contributed by atoms with E-state index < -0.39 is 5.82 Å². The second-order valence-corrected chi connectivity index (χ2v) is 7.48. The molecule has 0 spiro atoms. The van der Waals surface area contributed by atoms with Gasteiger partial charge in [-0.1, -0.05) is 30.7 Å². The molecule has 0 fully saturated rings. The molecule has 158 valence electrons. The smallest absolute Gasteiger partial charge is 0.289 e. The fourth-order valence-corrected chi connectivity index (χ4v) is 3.52. The number of furan rings is 1. The van der Waals surface area contributed by atoms with Crippen LogP contribution in [-0.4, -0.2) is 27.3 Å². The van der Waals surface area contributed by atoms with E-state index >= 15 is 0 Å². The van der Waals surface area contributed by atoms with Crippen LogP contribution in [0.1, 0.15) is 29.7 Å². The number of benzene rings is 2. The summed E-state index contributed by atoms with van der Waals surface area (Å²) in [6.07, 6.45) is 0.691. The second-order valence-electron chi connectivity index (χ2n) is 7.04. The largest absolute Gasteiger partial charge is 0.451 e. The Morgan fingerprint density at radius 2 is 2.00 bits per heavy atom. The van der Waals surface area contributed by atoms with Crippen molar-refractivity contribution in [3.05, 3.63) is 87.4 Å². The number of aromatic nitrogens is 2. The Kier molecular flexibility index (Phi) is 5.86. The first kappa shape index (κ1) is 20.8. The summed E-state index contributed by atoms with van der Waals surface area (Å²) in [6, 6.07) is 14.1. The number of carbonyl (C=O) groups is 1. The molecule has 1 N–H and O–H groups in total. The number of carbonyl (C=O) groups excluding carboxylic acids is 1. The number of amides is 1. The van der Waals surface area contributed by atoms with E-state index in [2.05, 4.69) is 9.97 Å². The van der Waals surface area contributed by atoms with Crippen LogP contribution in [0.2, 0.25) is 5.02 Å². The molecule has 0 saturated carbocycles. The lowest BCUT2D eigenvalue weighted by molar-refractivity contribution is 0.0707. The first-order chi connectivity index (χ1) is 15.0. The highest BCUT2D eigenvalue weighted by Gasteiger charge is 2.21. The molecular formula is C23H19ClFN3O3. The molecule has 2 aromatic carbocycles.